The highest BCUT2D eigenvalue weighted by atomic mass is 15.1. The van der Waals surface area contributed by atoms with Gasteiger partial charge in [0, 0.05) is 47.2 Å². The average Bonchev–Trinajstić information content (AvgIpc) is 2.76. The predicted molar refractivity (Wildman–Crippen MR) is 70.6 cm³/mol. The minimum Gasteiger partial charge on any atom is -0.369 e. The fourth-order valence-electron chi connectivity index (χ4n) is 2.74. The molecule has 0 fully saturated rings. The maximum Gasteiger partial charge on any atom is 0.160 e. The van der Waals surface area contributed by atoms with Crippen LogP contribution in [0.2, 0.25) is 0 Å². The zero-order valence-electron chi connectivity index (χ0n) is 10.3. The Morgan fingerprint density at radius 3 is 2.94 bits per heavy atom. The Labute approximate surface area is 101 Å². The summed E-state index contributed by atoms with van der Waals surface area (Å²) in [5.74, 6) is 0.887. The fraction of sp³-hybridized carbons (Fsp3) is 0.429. The molecule has 0 atom stereocenters. The van der Waals surface area contributed by atoms with Crippen molar-refractivity contribution in [1.29, 1.82) is 0 Å². The van der Waals surface area contributed by atoms with Crippen molar-refractivity contribution in [1.82, 2.24) is 9.88 Å². The molecule has 2 aliphatic heterocycles. The first-order valence-electron chi connectivity index (χ1n) is 6.33. The van der Waals surface area contributed by atoms with E-state index >= 15 is 0 Å². The van der Waals surface area contributed by atoms with Gasteiger partial charge in [-0.3, -0.25) is 0 Å². The van der Waals surface area contributed by atoms with Gasteiger partial charge >= 0.3 is 0 Å². The third-order valence-electron chi connectivity index (χ3n) is 3.70. The molecule has 0 saturated heterocycles. The van der Waals surface area contributed by atoms with Crippen molar-refractivity contribution >= 4 is 23.8 Å². The van der Waals surface area contributed by atoms with Gasteiger partial charge in [0.2, 0.25) is 0 Å². The Bertz CT molecular complexity index is 582. The third kappa shape index (κ3) is 1.57. The number of aromatic nitrogens is 1. The normalized spacial score (nSPS) is 16.4. The second-order valence-electron chi connectivity index (χ2n) is 4.65. The van der Waals surface area contributed by atoms with Gasteiger partial charge < -0.3 is 4.90 Å². The molecule has 3 rings (SSSR count). The summed E-state index contributed by atoms with van der Waals surface area (Å²) < 4.78 is 0. The highest BCUT2D eigenvalue weighted by molar-refractivity contribution is 6.07. The zero-order valence-corrected chi connectivity index (χ0v) is 10.3. The van der Waals surface area contributed by atoms with Crippen LogP contribution in [-0.4, -0.2) is 28.7 Å². The van der Waals surface area contributed by atoms with Crippen molar-refractivity contribution in [2.45, 2.75) is 32.7 Å². The summed E-state index contributed by atoms with van der Waals surface area (Å²) in [6.07, 6.45) is 8.47. The van der Waals surface area contributed by atoms with Crippen LogP contribution in [0.4, 0.5) is 5.82 Å². The minimum absolute atomic E-state index is 0.626. The van der Waals surface area contributed by atoms with Gasteiger partial charge in [-0.15, -0.1) is 0 Å². The molecule has 0 amide bonds. The molecule has 1 aromatic heterocycles. The topological polar surface area (TPSA) is 28.5 Å². The molecule has 0 aliphatic carbocycles. The highest BCUT2D eigenvalue weighted by Gasteiger charge is 2.20. The van der Waals surface area contributed by atoms with Crippen LogP contribution in [0.3, 0.4) is 0 Å². The van der Waals surface area contributed by atoms with Gasteiger partial charge in [-0.05, 0) is 18.9 Å². The lowest BCUT2D eigenvalue weighted by Crippen LogP contribution is -2.42. The zero-order chi connectivity index (χ0) is 11.8. The van der Waals surface area contributed by atoms with Crippen LogP contribution in [0.15, 0.2) is 17.3 Å². The van der Waals surface area contributed by atoms with Gasteiger partial charge in [-0.25, -0.2) is 9.98 Å². The molecular weight excluding hydrogens is 210 g/mol. The quantitative estimate of drug-likeness (QED) is 0.776. The Balaban J connectivity index is 2.11. The second kappa shape index (κ2) is 3.99. The summed E-state index contributed by atoms with van der Waals surface area (Å²) in [4.78, 5) is 11.1. The predicted octanol–water partition coefficient (Wildman–Crippen LogP) is 1.19. The Morgan fingerprint density at radius 2 is 2.18 bits per heavy atom. The van der Waals surface area contributed by atoms with Gasteiger partial charge in [0.25, 0.3) is 0 Å². The van der Waals surface area contributed by atoms with Crippen molar-refractivity contribution in [3.63, 3.8) is 0 Å². The van der Waals surface area contributed by atoms with Crippen LogP contribution < -0.4 is 10.4 Å². The number of rotatable bonds is 3. The molecule has 0 spiro atoms. The first-order chi connectivity index (χ1) is 8.33. The van der Waals surface area contributed by atoms with E-state index in [1.54, 1.807) is 0 Å². The van der Waals surface area contributed by atoms with Gasteiger partial charge in [0.15, 0.2) is 5.82 Å². The van der Waals surface area contributed by atoms with E-state index < -0.39 is 0 Å². The summed E-state index contributed by atoms with van der Waals surface area (Å²) in [7, 11) is 0. The maximum atomic E-state index is 4.38. The molecule has 3 heterocycles. The van der Waals surface area contributed by atoms with E-state index in [2.05, 4.69) is 41.0 Å². The van der Waals surface area contributed by atoms with Crippen LogP contribution in [0.5, 0.6) is 0 Å². The molecule has 0 radical (unpaired) electrons. The summed E-state index contributed by atoms with van der Waals surface area (Å²) in [5, 5.41) is 2.51. The molecule has 2 aliphatic rings. The van der Waals surface area contributed by atoms with E-state index in [-0.39, 0.29) is 0 Å². The highest BCUT2D eigenvalue weighted by Crippen LogP contribution is 2.16. The average molecular weight is 227 g/mol. The third-order valence-corrected chi connectivity index (χ3v) is 3.70. The molecule has 0 saturated carbocycles. The van der Waals surface area contributed by atoms with E-state index in [4.69, 9.17) is 0 Å². The molecular formula is C14H17N3. The lowest BCUT2D eigenvalue weighted by atomic mass is 10.1. The monoisotopic (exact) mass is 227 g/mol. The fourth-order valence-corrected chi connectivity index (χ4v) is 2.74. The molecule has 0 aromatic carbocycles. The molecule has 3 nitrogen and oxygen atoms in total. The number of aliphatic imine (C=N–C) groups is 1. The van der Waals surface area contributed by atoms with Crippen LogP contribution >= 0.6 is 0 Å². The second-order valence-corrected chi connectivity index (χ2v) is 4.65. The molecule has 0 N–H and O–H groups in total. The van der Waals surface area contributed by atoms with Gasteiger partial charge in [0.1, 0.15) is 0 Å². The Kier molecular flexibility index (Phi) is 2.46. The molecule has 1 aromatic rings. The van der Waals surface area contributed by atoms with Crippen LogP contribution in [0.25, 0.3) is 11.8 Å². The summed E-state index contributed by atoms with van der Waals surface area (Å²) >= 11 is 0. The van der Waals surface area contributed by atoms with E-state index in [0.29, 0.717) is 6.04 Å². The SMILES string of the molecule is CCC(CC)N1C=c2ccnc3c2=C(C=N3)C1. The van der Waals surface area contributed by atoms with E-state index in [9.17, 15) is 0 Å². The summed E-state index contributed by atoms with van der Waals surface area (Å²) in [6.45, 7) is 5.48. The Hall–Kier alpha value is -1.64. The summed E-state index contributed by atoms with van der Waals surface area (Å²) in [6, 6.07) is 2.71. The largest absolute Gasteiger partial charge is 0.369 e. The van der Waals surface area contributed by atoms with Gasteiger partial charge in [-0.2, -0.15) is 0 Å². The Morgan fingerprint density at radius 1 is 1.35 bits per heavy atom. The van der Waals surface area contributed by atoms with Crippen LogP contribution in [0.1, 0.15) is 26.7 Å². The first-order valence-corrected chi connectivity index (χ1v) is 6.33. The molecule has 0 bridgehead atoms. The van der Waals surface area contributed by atoms with Crippen LogP contribution in [0, 0.1) is 0 Å². The van der Waals surface area contributed by atoms with Gasteiger partial charge in [0.05, 0.1) is 0 Å². The molecule has 17 heavy (non-hydrogen) atoms. The first kappa shape index (κ1) is 10.5. The minimum atomic E-state index is 0.626. The van der Waals surface area contributed by atoms with Gasteiger partial charge in [-0.1, -0.05) is 13.8 Å². The van der Waals surface area contributed by atoms with E-state index in [0.717, 1.165) is 12.4 Å². The van der Waals surface area contributed by atoms with Crippen molar-refractivity contribution in [3.05, 3.63) is 22.7 Å². The van der Waals surface area contributed by atoms with Crippen molar-refractivity contribution in [2.24, 2.45) is 4.99 Å². The van der Waals surface area contributed by atoms with E-state index in [1.165, 1.54) is 28.9 Å². The number of hydrogen-bond donors (Lipinski definition) is 0. The van der Waals surface area contributed by atoms with Crippen molar-refractivity contribution in [3.8, 4) is 0 Å². The van der Waals surface area contributed by atoms with Crippen molar-refractivity contribution < 1.29 is 0 Å². The number of hydrogen-bond acceptors (Lipinski definition) is 3. The summed E-state index contributed by atoms with van der Waals surface area (Å²) in [5.41, 5.74) is 1.32. The standard InChI is InChI=1S/C14H17N3/c1-3-12(4-2)17-8-10-5-6-15-14-13(10)11(9-17)7-16-14/h5-8,12H,3-4,9H2,1-2H3. The number of pyridine rings is 1. The smallest absolute Gasteiger partial charge is 0.160 e. The number of nitrogens with zero attached hydrogens (tertiary/aromatic N) is 3. The lowest BCUT2D eigenvalue weighted by Gasteiger charge is -2.31. The van der Waals surface area contributed by atoms with Crippen molar-refractivity contribution in [2.75, 3.05) is 6.54 Å². The molecule has 3 heteroatoms. The van der Waals surface area contributed by atoms with Crippen LogP contribution in [-0.2, 0) is 0 Å². The maximum absolute atomic E-state index is 4.38. The van der Waals surface area contributed by atoms with E-state index in [1.807, 2.05) is 12.4 Å². The molecule has 88 valence electrons. The molecule has 0 unspecified atom stereocenters. The lowest BCUT2D eigenvalue weighted by molar-refractivity contribution is 0.315.